The lowest BCUT2D eigenvalue weighted by Crippen LogP contribution is -2.41. The van der Waals surface area contributed by atoms with Crippen molar-refractivity contribution >= 4 is 5.96 Å². The maximum Gasteiger partial charge on any atom is 0.191 e. The topological polar surface area (TPSA) is 54.9 Å². The first-order chi connectivity index (χ1) is 10.2. The molecule has 1 fully saturated rings. The molecule has 21 heavy (non-hydrogen) atoms. The molecule has 1 saturated carbocycles. The Morgan fingerprint density at radius 2 is 2.05 bits per heavy atom. The number of benzene rings is 1. The molecular weight excluding hydrogens is 266 g/mol. The minimum Gasteiger partial charge on any atom is -0.493 e. The van der Waals surface area contributed by atoms with Gasteiger partial charge in [-0.3, -0.25) is 4.99 Å². The molecule has 0 aromatic heterocycles. The molecule has 0 heterocycles. The first kappa shape index (κ1) is 15.5. The SMILES string of the molecule is CN=C(NC[C@@H](C)COc1ccccc1OC)NC1CC1. The lowest BCUT2D eigenvalue weighted by molar-refractivity contribution is 0.248. The molecule has 1 atom stereocenters. The van der Waals surface area contributed by atoms with E-state index in [1.165, 1.54) is 12.8 Å². The Morgan fingerprint density at radius 1 is 1.33 bits per heavy atom. The fourth-order valence-corrected chi connectivity index (χ4v) is 1.92. The number of ether oxygens (including phenoxy) is 2. The van der Waals surface area contributed by atoms with E-state index in [9.17, 15) is 0 Å². The van der Waals surface area contributed by atoms with Gasteiger partial charge in [-0.15, -0.1) is 0 Å². The molecule has 116 valence electrons. The van der Waals surface area contributed by atoms with Crippen molar-refractivity contribution in [3.8, 4) is 11.5 Å². The van der Waals surface area contributed by atoms with Crippen molar-refractivity contribution < 1.29 is 9.47 Å². The standard InChI is InChI=1S/C16H25N3O2/c1-12(10-18-16(17-2)19-13-8-9-13)11-21-15-7-5-4-6-14(15)20-3/h4-7,12-13H,8-11H2,1-3H3,(H2,17,18,19)/t12-/m1/s1. The van der Waals surface area contributed by atoms with E-state index in [0.29, 0.717) is 18.6 Å². The lowest BCUT2D eigenvalue weighted by Gasteiger charge is -2.17. The third-order valence-electron chi connectivity index (χ3n) is 3.35. The number of nitrogens with one attached hydrogen (secondary N) is 2. The van der Waals surface area contributed by atoms with Gasteiger partial charge in [0.2, 0.25) is 0 Å². The number of hydrogen-bond acceptors (Lipinski definition) is 3. The summed E-state index contributed by atoms with van der Waals surface area (Å²) >= 11 is 0. The van der Waals surface area contributed by atoms with Crippen molar-refractivity contribution in [1.82, 2.24) is 10.6 Å². The van der Waals surface area contributed by atoms with Crippen molar-refractivity contribution in [2.45, 2.75) is 25.8 Å². The average molecular weight is 291 g/mol. The van der Waals surface area contributed by atoms with Crippen LogP contribution >= 0.6 is 0 Å². The van der Waals surface area contributed by atoms with Crippen LogP contribution in [0.15, 0.2) is 29.3 Å². The molecule has 5 nitrogen and oxygen atoms in total. The smallest absolute Gasteiger partial charge is 0.191 e. The van der Waals surface area contributed by atoms with Gasteiger partial charge >= 0.3 is 0 Å². The molecule has 0 radical (unpaired) electrons. The Balaban J connectivity index is 1.72. The Bertz CT molecular complexity index is 472. The van der Waals surface area contributed by atoms with E-state index in [4.69, 9.17) is 9.47 Å². The number of hydrogen-bond donors (Lipinski definition) is 2. The van der Waals surface area contributed by atoms with Gasteiger partial charge in [-0.05, 0) is 25.0 Å². The minimum absolute atomic E-state index is 0.368. The highest BCUT2D eigenvalue weighted by molar-refractivity contribution is 5.80. The normalized spacial score (nSPS) is 16.2. The van der Waals surface area contributed by atoms with Crippen LogP contribution in [0.4, 0.5) is 0 Å². The predicted molar refractivity (Wildman–Crippen MR) is 85.2 cm³/mol. The highest BCUT2D eigenvalue weighted by atomic mass is 16.5. The third-order valence-corrected chi connectivity index (χ3v) is 3.35. The Hall–Kier alpha value is -1.91. The first-order valence-corrected chi connectivity index (χ1v) is 7.46. The molecule has 0 bridgehead atoms. The molecule has 1 aliphatic carbocycles. The maximum absolute atomic E-state index is 5.82. The monoisotopic (exact) mass is 291 g/mol. The van der Waals surface area contributed by atoms with E-state index in [1.807, 2.05) is 24.3 Å². The van der Waals surface area contributed by atoms with Crippen molar-refractivity contribution in [2.24, 2.45) is 10.9 Å². The fourth-order valence-electron chi connectivity index (χ4n) is 1.92. The summed E-state index contributed by atoms with van der Waals surface area (Å²) in [4.78, 5) is 4.22. The summed E-state index contributed by atoms with van der Waals surface area (Å²) in [5, 5.41) is 6.70. The van der Waals surface area contributed by atoms with Gasteiger partial charge < -0.3 is 20.1 Å². The van der Waals surface area contributed by atoms with Crippen LogP contribution in [0.2, 0.25) is 0 Å². The van der Waals surface area contributed by atoms with Gasteiger partial charge in [-0.1, -0.05) is 19.1 Å². The number of guanidine groups is 1. The summed E-state index contributed by atoms with van der Waals surface area (Å²) in [6.45, 7) is 3.60. The molecule has 0 aliphatic heterocycles. The average Bonchev–Trinajstić information content (AvgIpc) is 3.33. The van der Waals surface area contributed by atoms with Crippen LogP contribution < -0.4 is 20.1 Å². The van der Waals surface area contributed by atoms with E-state index in [-0.39, 0.29) is 0 Å². The van der Waals surface area contributed by atoms with Crippen molar-refractivity contribution in [1.29, 1.82) is 0 Å². The highest BCUT2D eigenvalue weighted by Gasteiger charge is 2.22. The van der Waals surface area contributed by atoms with Crippen LogP contribution in [0.5, 0.6) is 11.5 Å². The van der Waals surface area contributed by atoms with Gasteiger partial charge in [0.1, 0.15) is 0 Å². The molecule has 1 aromatic carbocycles. The number of rotatable bonds is 7. The van der Waals surface area contributed by atoms with E-state index in [0.717, 1.165) is 24.0 Å². The second kappa shape index (κ2) is 7.76. The van der Waals surface area contributed by atoms with Crippen molar-refractivity contribution in [3.05, 3.63) is 24.3 Å². The highest BCUT2D eigenvalue weighted by Crippen LogP contribution is 2.26. The van der Waals surface area contributed by atoms with E-state index in [2.05, 4.69) is 22.5 Å². The summed E-state index contributed by atoms with van der Waals surface area (Å²) in [6.07, 6.45) is 2.49. The van der Waals surface area contributed by atoms with E-state index >= 15 is 0 Å². The first-order valence-electron chi connectivity index (χ1n) is 7.46. The largest absolute Gasteiger partial charge is 0.493 e. The minimum atomic E-state index is 0.368. The van der Waals surface area contributed by atoms with Crippen LogP contribution in [0.3, 0.4) is 0 Å². The molecule has 1 aliphatic rings. The number of methoxy groups -OCH3 is 1. The molecule has 0 amide bonds. The second-order valence-electron chi connectivity index (χ2n) is 5.44. The van der Waals surface area contributed by atoms with Crippen LogP contribution in [-0.4, -0.2) is 39.3 Å². The molecule has 5 heteroatoms. The Labute approximate surface area is 126 Å². The van der Waals surface area contributed by atoms with E-state index in [1.54, 1.807) is 14.2 Å². The quantitative estimate of drug-likeness (QED) is 0.596. The zero-order valence-electron chi connectivity index (χ0n) is 13.1. The molecule has 2 N–H and O–H groups in total. The molecule has 0 unspecified atom stereocenters. The number of para-hydroxylation sites is 2. The summed E-state index contributed by atoms with van der Waals surface area (Å²) in [5.41, 5.74) is 0. The summed E-state index contributed by atoms with van der Waals surface area (Å²) in [5.74, 6) is 2.80. The van der Waals surface area contributed by atoms with E-state index < -0.39 is 0 Å². The summed E-state index contributed by atoms with van der Waals surface area (Å²) in [6, 6.07) is 8.31. The maximum atomic E-state index is 5.82. The van der Waals surface area contributed by atoms with Crippen molar-refractivity contribution in [2.75, 3.05) is 27.3 Å². The summed E-state index contributed by atoms with van der Waals surface area (Å²) < 4.78 is 11.1. The molecule has 1 aromatic rings. The predicted octanol–water partition coefficient (Wildman–Crippen LogP) is 2.04. The van der Waals surface area contributed by atoms with Gasteiger partial charge in [-0.25, -0.2) is 0 Å². The zero-order chi connectivity index (χ0) is 15.1. The lowest BCUT2D eigenvalue weighted by atomic mass is 10.2. The van der Waals surface area contributed by atoms with Crippen LogP contribution in [0, 0.1) is 5.92 Å². The Morgan fingerprint density at radius 3 is 2.67 bits per heavy atom. The second-order valence-corrected chi connectivity index (χ2v) is 5.44. The number of aliphatic imine (C=N–C) groups is 1. The third kappa shape index (κ3) is 5.17. The van der Waals surface area contributed by atoms with Gasteiger partial charge in [-0.2, -0.15) is 0 Å². The van der Waals surface area contributed by atoms with Crippen LogP contribution in [0.1, 0.15) is 19.8 Å². The van der Waals surface area contributed by atoms with Crippen LogP contribution in [-0.2, 0) is 0 Å². The zero-order valence-corrected chi connectivity index (χ0v) is 13.1. The fraction of sp³-hybridized carbons (Fsp3) is 0.562. The summed E-state index contributed by atoms with van der Waals surface area (Å²) in [7, 11) is 3.45. The molecule has 0 spiro atoms. The van der Waals surface area contributed by atoms with Crippen molar-refractivity contribution in [3.63, 3.8) is 0 Å². The molecule has 2 rings (SSSR count). The number of nitrogens with zero attached hydrogens (tertiary/aromatic N) is 1. The van der Waals surface area contributed by atoms with Gasteiger partial charge in [0.25, 0.3) is 0 Å². The Kier molecular flexibility index (Phi) is 5.72. The van der Waals surface area contributed by atoms with Gasteiger partial charge in [0, 0.05) is 25.6 Å². The van der Waals surface area contributed by atoms with Gasteiger partial charge in [0.05, 0.1) is 13.7 Å². The van der Waals surface area contributed by atoms with Gasteiger partial charge in [0.15, 0.2) is 17.5 Å². The molecular formula is C16H25N3O2. The molecule has 0 saturated heterocycles. The van der Waals surface area contributed by atoms with Crippen LogP contribution in [0.25, 0.3) is 0 Å².